The van der Waals surface area contributed by atoms with Gasteiger partial charge in [-0.1, -0.05) is 48.5 Å². The van der Waals surface area contributed by atoms with E-state index in [9.17, 15) is 15.0 Å². The van der Waals surface area contributed by atoms with Crippen LogP contribution >= 0.6 is 0 Å². The Morgan fingerprint density at radius 3 is 2.39 bits per heavy atom. The first kappa shape index (κ1) is 20.8. The number of carbonyl (C=O) groups is 1. The molecule has 1 aliphatic rings. The smallest absolute Gasteiger partial charge is 0.407 e. The van der Waals surface area contributed by atoms with Crippen molar-refractivity contribution in [2.45, 2.75) is 25.0 Å². The highest BCUT2D eigenvalue weighted by Crippen LogP contribution is 2.44. The third kappa shape index (κ3) is 4.23. The lowest BCUT2D eigenvalue weighted by Crippen LogP contribution is -2.36. The molecule has 0 fully saturated rings. The predicted octanol–water partition coefficient (Wildman–Crippen LogP) is 2.91. The number of anilines is 1. The van der Waals surface area contributed by atoms with Crippen LogP contribution in [0, 0.1) is 6.92 Å². The number of aryl methyl sites for hydroxylation is 1. The molecule has 2 aromatic carbocycles. The number of amides is 1. The first-order valence-electron chi connectivity index (χ1n) is 10.1. The number of fused-ring (bicyclic) bond motifs is 3. The number of carbonyl (C=O) groups excluding carboxylic acids is 1. The van der Waals surface area contributed by atoms with Crippen LogP contribution in [0.2, 0.25) is 0 Å². The number of pyridine rings is 1. The van der Waals surface area contributed by atoms with Crippen molar-refractivity contribution in [2.24, 2.45) is 0 Å². The van der Waals surface area contributed by atoms with Gasteiger partial charge in [0.1, 0.15) is 18.8 Å². The summed E-state index contributed by atoms with van der Waals surface area (Å²) in [6.07, 6.45) is -1.64. The Hall–Kier alpha value is -3.42. The second kappa shape index (κ2) is 8.75. The zero-order valence-corrected chi connectivity index (χ0v) is 17.2. The molecule has 0 spiro atoms. The molecule has 0 saturated carbocycles. The van der Waals surface area contributed by atoms with E-state index < -0.39 is 18.3 Å². The predicted molar refractivity (Wildman–Crippen MR) is 117 cm³/mol. The summed E-state index contributed by atoms with van der Waals surface area (Å²) >= 11 is 0. The van der Waals surface area contributed by atoms with Crippen molar-refractivity contribution >= 4 is 11.8 Å². The maximum Gasteiger partial charge on any atom is 0.407 e. The fraction of sp³-hybridized carbons (Fsp3) is 0.250. The summed E-state index contributed by atoms with van der Waals surface area (Å²) in [6, 6.07) is 17.7. The van der Waals surface area contributed by atoms with Crippen LogP contribution in [-0.4, -0.2) is 40.5 Å². The average Bonchev–Trinajstić information content (AvgIpc) is 3.11. The minimum Gasteiger partial charge on any atom is -0.449 e. The number of aliphatic hydroxyl groups is 2. The Balaban J connectivity index is 1.35. The van der Waals surface area contributed by atoms with E-state index in [-0.39, 0.29) is 19.1 Å². The Labute approximate surface area is 180 Å². The molecule has 1 aliphatic carbocycles. The molecule has 0 radical (unpaired) electrons. The van der Waals surface area contributed by atoms with Gasteiger partial charge in [-0.05, 0) is 35.2 Å². The highest BCUT2D eigenvalue weighted by molar-refractivity contribution is 5.79. The Morgan fingerprint density at radius 2 is 1.74 bits per heavy atom. The van der Waals surface area contributed by atoms with Crippen LogP contribution in [0.15, 0.2) is 60.8 Å². The number of nitrogens with one attached hydrogen (secondary N) is 1. The van der Waals surface area contributed by atoms with Crippen LogP contribution < -0.4 is 11.1 Å². The maximum absolute atomic E-state index is 12.2. The van der Waals surface area contributed by atoms with Gasteiger partial charge in [-0.3, -0.25) is 4.98 Å². The van der Waals surface area contributed by atoms with E-state index in [1.807, 2.05) is 36.4 Å². The van der Waals surface area contributed by atoms with E-state index in [1.165, 1.54) is 6.20 Å². The Kier molecular flexibility index (Phi) is 5.88. The van der Waals surface area contributed by atoms with Crippen molar-refractivity contribution in [3.05, 3.63) is 83.2 Å². The van der Waals surface area contributed by atoms with Crippen molar-refractivity contribution in [1.82, 2.24) is 10.3 Å². The molecule has 0 saturated heterocycles. The Bertz CT molecular complexity index is 1060. The van der Waals surface area contributed by atoms with Crippen molar-refractivity contribution in [1.29, 1.82) is 0 Å². The first-order chi connectivity index (χ1) is 15.0. The number of nitrogen functional groups attached to an aromatic ring is 1. The lowest BCUT2D eigenvalue weighted by atomic mass is 9.98. The van der Waals surface area contributed by atoms with E-state index in [0.29, 0.717) is 16.9 Å². The van der Waals surface area contributed by atoms with Crippen LogP contribution in [0.1, 0.15) is 34.4 Å². The SMILES string of the molecule is Cc1ncc(N)cc1C(O)C(O)CNC(=O)OCC1c2ccccc2-c2ccccc21. The normalized spacial score (nSPS) is 14.4. The lowest BCUT2D eigenvalue weighted by molar-refractivity contribution is 0.0180. The third-order valence-corrected chi connectivity index (χ3v) is 5.63. The maximum atomic E-state index is 12.2. The van der Waals surface area contributed by atoms with Gasteiger partial charge >= 0.3 is 6.09 Å². The summed E-state index contributed by atoms with van der Waals surface area (Å²) in [4.78, 5) is 16.3. The monoisotopic (exact) mass is 419 g/mol. The molecule has 7 heteroatoms. The zero-order chi connectivity index (χ0) is 22.0. The Morgan fingerprint density at radius 1 is 1.13 bits per heavy atom. The van der Waals surface area contributed by atoms with Gasteiger partial charge in [-0.15, -0.1) is 0 Å². The lowest BCUT2D eigenvalue weighted by Gasteiger charge is -2.20. The van der Waals surface area contributed by atoms with E-state index in [1.54, 1.807) is 13.0 Å². The second-order valence-electron chi connectivity index (χ2n) is 7.66. The van der Waals surface area contributed by atoms with Gasteiger partial charge in [-0.25, -0.2) is 4.79 Å². The van der Waals surface area contributed by atoms with Crippen LogP contribution in [0.5, 0.6) is 0 Å². The molecule has 2 atom stereocenters. The van der Waals surface area contributed by atoms with Gasteiger partial charge < -0.3 is 26.0 Å². The largest absolute Gasteiger partial charge is 0.449 e. The van der Waals surface area contributed by atoms with E-state index in [2.05, 4.69) is 22.4 Å². The molecule has 0 bridgehead atoms. The molecule has 1 heterocycles. The van der Waals surface area contributed by atoms with Gasteiger partial charge in [-0.2, -0.15) is 0 Å². The summed E-state index contributed by atoms with van der Waals surface area (Å²) < 4.78 is 5.44. The molecule has 7 nitrogen and oxygen atoms in total. The van der Waals surface area contributed by atoms with E-state index in [0.717, 1.165) is 22.3 Å². The van der Waals surface area contributed by atoms with Gasteiger partial charge in [0.15, 0.2) is 0 Å². The number of benzene rings is 2. The van der Waals surface area contributed by atoms with Crippen LogP contribution in [-0.2, 0) is 4.74 Å². The molecule has 2 unspecified atom stereocenters. The highest BCUT2D eigenvalue weighted by Gasteiger charge is 2.29. The fourth-order valence-electron chi connectivity index (χ4n) is 4.02. The van der Waals surface area contributed by atoms with Crippen LogP contribution in [0.4, 0.5) is 10.5 Å². The number of nitrogens with zero attached hydrogens (tertiary/aromatic N) is 1. The van der Waals surface area contributed by atoms with Crippen molar-refractivity contribution in [3.63, 3.8) is 0 Å². The molecular weight excluding hydrogens is 394 g/mol. The molecular formula is C24H25N3O4. The first-order valence-corrected chi connectivity index (χ1v) is 10.1. The minimum atomic E-state index is -1.23. The van der Waals surface area contributed by atoms with E-state index in [4.69, 9.17) is 10.5 Å². The highest BCUT2D eigenvalue weighted by atomic mass is 16.5. The number of hydrogen-bond acceptors (Lipinski definition) is 6. The molecule has 0 aliphatic heterocycles. The summed E-state index contributed by atoms with van der Waals surface area (Å²) in [7, 11) is 0. The number of rotatable bonds is 6. The molecule has 160 valence electrons. The van der Waals surface area contributed by atoms with Gasteiger partial charge in [0.25, 0.3) is 0 Å². The minimum absolute atomic E-state index is 0.0466. The molecule has 5 N–H and O–H groups in total. The van der Waals surface area contributed by atoms with Crippen molar-refractivity contribution < 1.29 is 19.7 Å². The molecule has 1 aromatic heterocycles. The van der Waals surface area contributed by atoms with Crippen molar-refractivity contribution in [3.8, 4) is 11.1 Å². The van der Waals surface area contributed by atoms with Crippen LogP contribution in [0.25, 0.3) is 11.1 Å². The molecule has 31 heavy (non-hydrogen) atoms. The summed E-state index contributed by atoms with van der Waals surface area (Å²) in [6.45, 7) is 1.71. The number of alkyl carbamates (subject to hydrolysis) is 1. The number of hydrogen-bond donors (Lipinski definition) is 4. The number of aromatic nitrogens is 1. The number of ether oxygens (including phenoxy) is 1. The van der Waals surface area contributed by atoms with Gasteiger partial charge in [0, 0.05) is 23.7 Å². The molecule has 3 aromatic rings. The summed E-state index contributed by atoms with van der Waals surface area (Å²) in [5.41, 5.74) is 11.6. The molecule has 4 rings (SSSR count). The van der Waals surface area contributed by atoms with Crippen molar-refractivity contribution in [2.75, 3.05) is 18.9 Å². The van der Waals surface area contributed by atoms with Gasteiger partial charge in [0.2, 0.25) is 0 Å². The number of aliphatic hydroxyl groups excluding tert-OH is 2. The standard InChI is InChI=1S/C24H25N3O4/c1-14-20(10-15(25)11-26-14)23(29)22(28)12-27-24(30)31-13-21-18-8-4-2-6-16(18)17-7-3-5-9-19(17)21/h2-11,21-23,28-29H,12-13,25H2,1H3,(H,27,30). The fourth-order valence-corrected chi connectivity index (χ4v) is 4.02. The average molecular weight is 419 g/mol. The van der Waals surface area contributed by atoms with Gasteiger partial charge in [0.05, 0.1) is 11.9 Å². The van der Waals surface area contributed by atoms with E-state index >= 15 is 0 Å². The van der Waals surface area contributed by atoms with Crippen LogP contribution in [0.3, 0.4) is 0 Å². The topological polar surface area (TPSA) is 118 Å². The zero-order valence-electron chi connectivity index (χ0n) is 17.2. The molecule has 1 amide bonds. The number of nitrogens with two attached hydrogens (primary N) is 1. The quantitative estimate of drug-likeness (QED) is 0.488. The second-order valence-corrected chi connectivity index (χ2v) is 7.66. The summed E-state index contributed by atoms with van der Waals surface area (Å²) in [5, 5.41) is 23.2. The summed E-state index contributed by atoms with van der Waals surface area (Å²) in [5.74, 6) is -0.0466. The third-order valence-electron chi connectivity index (χ3n) is 5.63.